The molecule has 0 bridgehead atoms. The van der Waals surface area contributed by atoms with Crippen molar-refractivity contribution in [3.63, 3.8) is 0 Å². The fourth-order valence-corrected chi connectivity index (χ4v) is 4.83. The maximum absolute atomic E-state index is 12.5. The number of nitrogens with one attached hydrogen (secondary N) is 3. The lowest BCUT2D eigenvalue weighted by molar-refractivity contribution is -0.127. The zero-order chi connectivity index (χ0) is 21.3. The second-order valence-corrected chi connectivity index (χ2v) is 8.68. The van der Waals surface area contributed by atoms with Gasteiger partial charge in [0.15, 0.2) is 0 Å². The summed E-state index contributed by atoms with van der Waals surface area (Å²) in [5.74, 6) is -0.378. The Balaban J connectivity index is 0.000000941. The highest BCUT2D eigenvalue weighted by atomic mass is 32.2. The Hall–Kier alpha value is -2.35. The molecule has 0 aliphatic heterocycles. The first-order chi connectivity index (χ1) is 13.9. The SMILES string of the molecule is CO[C@@H]1CC[C@H](C(=O)NCc2cscn2)C[C@H]1NS(=O)(=O)c1cn[nH]c1.O=CO. The van der Waals surface area contributed by atoms with Crippen molar-refractivity contribution in [3.05, 3.63) is 29.0 Å². The maximum atomic E-state index is 12.5. The zero-order valence-electron chi connectivity index (χ0n) is 15.6. The number of hydrogen-bond donors (Lipinski definition) is 4. The molecule has 11 nitrogen and oxygen atoms in total. The van der Waals surface area contributed by atoms with E-state index in [2.05, 4.69) is 25.2 Å². The Bertz CT molecular complexity index is 857. The van der Waals surface area contributed by atoms with E-state index in [-0.39, 0.29) is 29.3 Å². The maximum Gasteiger partial charge on any atom is 0.290 e. The van der Waals surface area contributed by atoms with E-state index in [1.165, 1.54) is 23.7 Å². The largest absolute Gasteiger partial charge is 0.483 e. The van der Waals surface area contributed by atoms with Gasteiger partial charge in [0, 0.05) is 30.6 Å². The lowest BCUT2D eigenvalue weighted by Gasteiger charge is -2.34. The Labute approximate surface area is 171 Å². The number of nitrogens with zero attached hydrogens (tertiary/aromatic N) is 2. The number of sulfonamides is 1. The summed E-state index contributed by atoms with van der Waals surface area (Å²) in [5.41, 5.74) is 2.53. The van der Waals surface area contributed by atoms with Crippen LogP contribution in [0.5, 0.6) is 0 Å². The molecule has 1 aliphatic carbocycles. The monoisotopic (exact) mass is 445 g/mol. The number of aromatic nitrogens is 3. The van der Waals surface area contributed by atoms with Gasteiger partial charge in [0.05, 0.1) is 30.1 Å². The highest BCUT2D eigenvalue weighted by Gasteiger charge is 2.36. The molecule has 2 heterocycles. The first kappa shape index (κ1) is 22.9. The lowest BCUT2D eigenvalue weighted by Crippen LogP contribution is -2.50. The molecule has 1 fully saturated rings. The summed E-state index contributed by atoms with van der Waals surface area (Å²) in [5, 5.41) is 17.8. The molecule has 2 aromatic heterocycles. The molecule has 0 unspecified atom stereocenters. The molecule has 1 aliphatic rings. The average molecular weight is 446 g/mol. The highest BCUT2D eigenvalue weighted by Crippen LogP contribution is 2.28. The van der Waals surface area contributed by atoms with E-state index in [1.54, 1.807) is 12.6 Å². The van der Waals surface area contributed by atoms with Crippen LogP contribution in [-0.2, 0) is 30.9 Å². The fraction of sp³-hybridized carbons (Fsp3) is 0.500. The van der Waals surface area contributed by atoms with Crippen molar-refractivity contribution >= 4 is 33.7 Å². The van der Waals surface area contributed by atoms with Crippen LogP contribution >= 0.6 is 11.3 Å². The molecule has 0 spiro atoms. The summed E-state index contributed by atoms with van der Waals surface area (Å²) in [6, 6.07) is -0.483. The van der Waals surface area contributed by atoms with Gasteiger partial charge in [0.2, 0.25) is 15.9 Å². The summed E-state index contributed by atoms with van der Waals surface area (Å²) >= 11 is 1.47. The van der Waals surface area contributed by atoms with E-state index < -0.39 is 16.1 Å². The molecular formula is C16H23N5O6S2. The Morgan fingerprint density at radius 1 is 1.48 bits per heavy atom. The number of aromatic amines is 1. The summed E-state index contributed by atoms with van der Waals surface area (Å²) in [7, 11) is -2.17. The molecule has 3 atom stereocenters. The van der Waals surface area contributed by atoms with Gasteiger partial charge in [0.1, 0.15) is 4.90 Å². The molecule has 160 valence electrons. The highest BCUT2D eigenvalue weighted by molar-refractivity contribution is 7.89. The smallest absolute Gasteiger partial charge is 0.290 e. The first-order valence-corrected chi connectivity index (χ1v) is 11.1. The van der Waals surface area contributed by atoms with E-state index in [0.717, 1.165) is 5.69 Å². The number of rotatable bonds is 7. The normalized spacial score (nSPS) is 21.6. The van der Waals surface area contributed by atoms with Crippen molar-refractivity contribution in [2.75, 3.05) is 7.11 Å². The number of carbonyl (C=O) groups is 2. The van der Waals surface area contributed by atoms with Gasteiger partial charge >= 0.3 is 0 Å². The molecule has 0 aromatic carbocycles. The number of methoxy groups -OCH3 is 1. The number of amides is 1. The quantitative estimate of drug-likeness (QED) is 0.443. The van der Waals surface area contributed by atoms with Crippen LogP contribution in [-0.4, -0.2) is 60.3 Å². The molecule has 29 heavy (non-hydrogen) atoms. The second kappa shape index (κ2) is 11.0. The van der Waals surface area contributed by atoms with Gasteiger partial charge in [-0.2, -0.15) is 5.10 Å². The Morgan fingerprint density at radius 3 is 2.83 bits per heavy atom. The number of ether oxygens (including phenoxy) is 1. The first-order valence-electron chi connectivity index (χ1n) is 8.67. The van der Waals surface area contributed by atoms with Crippen molar-refractivity contribution in [2.24, 2.45) is 5.92 Å². The molecule has 3 rings (SSSR count). The molecule has 1 saturated carbocycles. The minimum atomic E-state index is -3.72. The van der Waals surface area contributed by atoms with Crippen molar-refractivity contribution in [3.8, 4) is 0 Å². The summed E-state index contributed by atoms with van der Waals surface area (Å²) < 4.78 is 33.0. The summed E-state index contributed by atoms with van der Waals surface area (Å²) in [6.07, 6.45) is 3.89. The number of carboxylic acid groups (broad SMARTS) is 1. The number of thiazole rings is 1. The zero-order valence-corrected chi connectivity index (χ0v) is 17.3. The molecule has 0 saturated heterocycles. The van der Waals surface area contributed by atoms with Crippen LogP contribution in [0.4, 0.5) is 0 Å². The molecular weight excluding hydrogens is 422 g/mol. The van der Waals surface area contributed by atoms with Crippen molar-refractivity contribution < 1.29 is 27.9 Å². The topological polar surface area (TPSA) is 163 Å². The van der Waals surface area contributed by atoms with Crippen LogP contribution in [0.2, 0.25) is 0 Å². The molecule has 0 radical (unpaired) electrons. The third-order valence-corrected chi connectivity index (χ3v) is 6.57. The molecule has 4 N–H and O–H groups in total. The second-order valence-electron chi connectivity index (χ2n) is 6.25. The van der Waals surface area contributed by atoms with E-state index in [9.17, 15) is 13.2 Å². The third-order valence-electron chi connectivity index (χ3n) is 4.48. The minimum absolute atomic E-state index is 0.0578. The van der Waals surface area contributed by atoms with Gasteiger partial charge in [-0.1, -0.05) is 0 Å². The molecule has 1 amide bonds. The van der Waals surface area contributed by atoms with Crippen LogP contribution in [0.15, 0.2) is 28.2 Å². The van der Waals surface area contributed by atoms with Crippen molar-refractivity contribution in [1.82, 2.24) is 25.2 Å². The van der Waals surface area contributed by atoms with Gasteiger partial charge < -0.3 is 15.2 Å². The van der Waals surface area contributed by atoms with Crippen molar-refractivity contribution in [1.29, 1.82) is 0 Å². The van der Waals surface area contributed by atoms with Crippen LogP contribution in [0.1, 0.15) is 25.0 Å². The molecule has 13 heteroatoms. The van der Waals surface area contributed by atoms with Crippen LogP contribution in [0, 0.1) is 5.92 Å². The van der Waals surface area contributed by atoms with E-state index in [4.69, 9.17) is 14.6 Å². The van der Waals surface area contributed by atoms with Gasteiger partial charge in [-0.15, -0.1) is 11.3 Å². The van der Waals surface area contributed by atoms with E-state index in [1.807, 2.05) is 5.38 Å². The summed E-state index contributed by atoms with van der Waals surface area (Å²) in [6.45, 7) is 0.123. The Morgan fingerprint density at radius 2 is 2.24 bits per heavy atom. The number of hydrogen-bond acceptors (Lipinski definition) is 8. The number of carbonyl (C=O) groups excluding carboxylic acids is 1. The van der Waals surface area contributed by atoms with Crippen LogP contribution < -0.4 is 10.0 Å². The standard InChI is InChI=1S/C15H21N5O4S2.CH2O2/c1-24-14-3-2-10(15(21)16-5-11-8-25-9-17-11)4-13(14)20-26(22,23)12-6-18-19-7-12;2-1-3/h6-10,13-14,20H,2-5H2,1H3,(H,16,21)(H,18,19);1H,(H,2,3)/t10-,13+,14+;/m0./s1. The fourth-order valence-electron chi connectivity index (χ4n) is 3.09. The van der Waals surface area contributed by atoms with Gasteiger partial charge in [-0.05, 0) is 19.3 Å². The van der Waals surface area contributed by atoms with Crippen LogP contribution in [0.3, 0.4) is 0 Å². The van der Waals surface area contributed by atoms with E-state index >= 15 is 0 Å². The van der Waals surface area contributed by atoms with E-state index in [0.29, 0.717) is 25.8 Å². The van der Waals surface area contributed by atoms with Gasteiger partial charge in [-0.25, -0.2) is 18.1 Å². The average Bonchev–Trinajstić information content (AvgIpc) is 3.40. The summed E-state index contributed by atoms with van der Waals surface area (Å²) in [4.78, 5) is 25.0. The third kappa shape index (κ3) is 6.59. The van der Waals surface area contributed by atoms with Gasteiger partial charge in [-0.3, -0.25) is 14.7 Å². The molecule has 2 aromatic rings. The minimum Gasteiger partial charge on any atom is -0.483 e. The van der Waals surface area contributed by atoms with Crippen LogP contribution in [0.25, 0.3) is 0 Å². The van der Waals surface area contributed by atoms with Crippen molar-refractivity contribution in [2.45, 2.75) is 42.8 Å². The van der Waals surface area contributed by atoms with Gasteiger partial charge in [0.25, 0.3) is 6.47 Å². The Kier molecular flexibility index (Phi) is 8.70. The lowest BCUT2D eigenvalue weighted by atomic mass is 9.83. The predicted octanol–water partition coefficient (Wildman–Crippen LogP) is 0.345. The number of H-pyrrole nitrogens is 1. The predicted molar refractivity (Wildman–Crippen MR) is 103 cm³/mol.